The highest BCUT2D eigenvalue weighted by Crippen LogP contribution is 2.31. The molecule has 0 aliphatic heterocycles. The molecule has 0 aliphatic rings. The van der Waals surface area contributed by atoms with Crippen molar-refractivity contribution in [3.05, 3.63) is 11.7 Å². The van der Waals surface area contributed by atoms with Crippen LogP contribution in [0.1, 0.15) is 46.3 Å². The van der Waals surface area contributed by atoms with Crippen LogP contribution in [0.4, 0.5) is 0 Å². The van der Waals surface area contributed by atoms with Crippen molar-refractivity contribution in [2.45, 2.75) is 51.3 Å². The lowest BCUT2D eigenvalue weighted by molar-refractivity contribution is 0.222. The van der Waals surface area contributed by atoms with Crippen LogP contribution in [0.15, 0.2) is 4.52 Å². The summed E-state index contributed by atoms with van der Waals surface area (Å²) < 4.78 is 5.30. The summed E-state index contributed by atoms with van der Waals surface area (Å²) in [5, 5.41) is 3.97. The topological polar surface area (TPSA) is 64.9 Å². The lowest BCUT2D eigenvalue weighted by atomic mass is 9.75. The Hall–Kier alpha value is -0.550. The summed E-state index contributed by atoms with van der Waals surface area (Å²) in [5.41, 5.74) is 5.40. The predicted molar refractivity (Wildman–Crippen MR) is 67.4 cm³/mol. The second-order valence-corrected chi connectivity index (χ2v) is 6.27. The van der Waals surface area contributed by atoms with E-state index in [4.69, 9.17) is 10.3 Å². The zero-order valence-electron chi connectivity index (χ0n) is 10.7. The molecule has 1 heterocycles. The van der Waals surface area contributed by atoms with Crippen LogP contribution < -0.4 is 5.73 Å². The average Bonchev–Trinajstić information content (AvgIpc) is 2.61. The van der Waals surface area contributed by atoms with E-state index in [9.17, 15) is 0 Å². The summed E-state index contributed by atoms with van der Waals surface area (Å²) in [6, 6.07) is 0. The summed E-state index contributed by atoms with van der Waals surface area (Å²) in [6.07, 6.45) is 0. The van der Waals surface area contributed by atoms with Crippen molar-refractivity contribution in [3.63, 3.8) is 0 Å². The molecule has 0 atom stereocenters. The zero-order valence-corrected chi connectivity index (χ0v) is 11.5. The van der Waals surface area contributed by atoms with Crippen molar-refractivity contribution < 1.29 is 4.52 Å². The van der Waals surface area contributed by atoms with Crippen LogP contribution in [-0.4, -0.2) is 21.4 Å². The van der Waals surface area contributed by atoms with Crippen LogP contribution in [0, 0.1) is 0 Å². The molecule has 1 aromatic heterocycles. The third kappa shape index (κ3) is 2.77. The fourth-order valence-corrected chi connectivity index (χ4v) is 1.54. The normalized spacial score (nSPS) is 13.1. The van der Waals surface area contributed by atoms with Crippen LogP contribution in [0.5, 0.6) is 0 Å². The van der Waals surface area contributed by atoms with Crippen molar-refractivity contribution in [1.82, 2.24) is 10.1 Å². The summed E-state index contributed by atoms with van der Waals surface area (Å²) in [6.45, 7) is 10.1. The van der Waals surface area contributed by atoms with Gasteiger partial charge in [-0.2, -0.15) is 16.7 Å². The molecule has 0 aromatic carbocycles. The van der Waals surface area contributed by atoms with Gasteiger partial charge in [-0.15, -0.1) is 0 Å². The van der Waals surface area contributed by atoms with Crippen LogP contribution in [0.25, 0.3) is 0 Å². The molecule has 4 nitrogen and oxygen atoms in total. The van der Waals surface area contributed by atoms with Gasteiger partial charge in [-0.1, -0.05) is 12.1 Å². The van der Waals surface area contributed by atoms with Crippen molar-refractivity contribution in [2.75, 3.05) is 5.75 Å². The largest absolute Gasteiger partial charge is 0.339 e. The second-order valence-electron chi connectivity index (χ2n) is 5.00. The molecule has 5 heteroatoms. The number of hydrogen-bond acceptors (Lipinski definition) is 5. The first-order valence-corrected chi connectivity index (χ1v) is 6.64. The highest BCUT2D eigenvalue weighted by molar-refractivity contribution is 7.98. The molecule has 16 heavy (non-hydrogen) atoms. The summed E-state index contributed by atoms with van der Waals surface area (Å²) in [5.74, 6) is 3.21. The average molecular weight is 243 g/mol. The highest BCUT2D eigenvalue weighted by atomic mass is 32.2. The maximum atomic E-state index is 6.12. The molecule has 0 bridgehead atoms. The van der Waals surface area contributed by atoms with Crippen molar-refractivity contribution in [1.29, 1.82) is 0 Å². The van der Waals surface area contributed by atoms with Gasteiger partial charge in [0.1, 0.15) is 0 Å². The Balaban J connectivity index is 2.85. The molecular formula is C11H21N3OS. The van der Waals surface area contributed by atoms with Gasteiger partial charge in [0.05, 0.1) is 11.2 Å². The standard InChI is InChI=1S/C11H21N3OS/c1-6-16-7-8-13-9(15-14-8)10(2,3)11(4,5)12/h6-7,12H2,1-5H3. The SMILES string of the molecule is CCSCc1noc(C(C)(C)C(C)(C)N)n1. The van der Waals surface area contributed by atoms with Gasteiger partial charge in [0.15, 0.2) is 5.82 Å². The fraction of sp³-hybridized carbons (Fsp3) is 0.818. The van der Waals surface area contributed by atoms with Crippen LogP contribution >= 0.6 is 11.8 Å². The third-order valence-electron chi connectivity index (χ3n) is 3.05. The first-order chi connectivity index (χ1) is 7.29. The number of aromatic nitrogens is 2. The Morgan fingerprint density at radius 2 is 1.94 bits per heavy atom. The van der Waals surface area contributed by atoms with E-state index in [0.29, 0.717) is 5.89 Å². The van der Waals surface area contributed by atoms with Gasteiger partial charge in [0.2, 0.25) is 5.89 Å². The van der Waals surface area contributed by atoms with E-state index in [2.05, 4.69) is 17.1 Å². The molecule has 0 saturated carbocycles. The van der Waals surface area contributed by atoms with E-state index in [-0.39, 0.29) is 5.41 Å². The zero-order chi connectivity index (χ0) is 12.4. The van der Waals surface area contributed by atoms with Gasteiger partial charge in [0, 0.05) is 5.54 Å². The number of hydrogen-bond donors (Lipinski definition) is 1. The minimum atomic E-state index is -0.394. The van der Waals surface area contributed by atoms with Crippen molar-refractivity contribution in [3.8, 4) is 0 Å². The van der Waals surface area contributed by atoms with E-state index < -0.39 is 5.54 Å². The molecule has 2 N–H and O–H groups in total. The van der Waals surface area contributed by atoms with Crippen LogP contribution in [-0.2, 0) is 11.2 Å². The van der Waals surface area contributed by atoms with Crippen LogP contribution in [0.2, 0.25) is 0 Å². The van der Waals surface area contributed by atoms with Crippen molar-refractivity contribution in [2.24, 2.45) is 5.73 Å². The third-order valence-corrected chi connectivity index (χ3v) is 3.92. The molecule has 0 fully saturated rings. The molecule has 0 amide bonds. The Labute approximate surface area is 101 Å². The van der Waals surface area contributed by atoms with Gasteiger partial charge in [0.25, 0.3) is 0 Å². The number of nitrogens with zero attached hydrogens (tertiary/aromatic N) is 2. The molecule has 0 saturated heterocycles. The van der Waals surface area contributed by atoms with E-state index in [0.717, 1.165) is 17.3 Å². The lowest BCUT2D eigenvalue weighted by Gasteiger charge is -2.34. The maximum Gasteiger partial charge on any atom is 0.234 e. The van der Waals surface area contributed by atoms with Gasteiger partial charge < -0.3 is 10.3 Å². The highest BCUT2D eigenvalue weighted by Gasteiger charge is 2.40. The smallest absolute Gasteiger partial charge is 0.234 e. The van der Waals surface area contributed by atoms with Crippen LogP contribution in [0.3, 0.4) is 0 Å². The van der Waals surface area contributed by atoms with Crippen molar-refractivity contribution >= 4 is 11.8 Å². The van der Waals surface area contributed by atoms with Gasteiger partial charge in [-0.05, 0) is 33.4 Å². The Kier molecular flexibility index (Phi) is 4.02. The minimum Gasteiger partial charge on any atom is -0.339 e. The Morgan fingerprint density at radius 1 is 1.31 bits per heavy atom. The molecule has 92 valence electrons. The summed E-state index contributed by atoms with van der Waals surface area (Å²) >= 11 is 1.78. The van der Waals surface area contributed by atoms with E-state index >= 15 is 0 Å². The first kappa shape index (κ1) is 13.5. The molecule has 0 unspecified atom stereocenters. The quantitative estimate of drug-likeness (QED) is 0.860. The summed E-state index contributed by atoms with van der Waals surface area (Å²) in [4.78, 5) is 4.41. The first-order valence-electron chi connectivity index (χ1n) is 5.48. The van der Waals surface area contributed by atoms with Gasteiger partial charge in [-0.25, -0.2) is 0 Å². The van der Waals surface area contributed by atoms with E-state index in [1.807, 2.05) is 27.7 Å². The van der Waals surface area contributed by atoms with Gasteiger partial charge in [-0.3, -0.25) is 0 Å². The number of rotatable bonds is 5. The molecular weight excluding hydrogens is 222 g/mol. The molecule has 1 rings (SSSR count). The predicted octanol–water partition coefficient (Wildman–Crippen LogP) is 2.34. The maximum absolute atomic E-state index is 6.12. The Morgan fingerprint density at radius 3 is 2.44 bits per heavy atom. The minimum absolute atomic E-state index is 0.324. The number of thioether (sulfide) groups is 1. The van der Waals surface area contributed by atoms with E-state index in [1.165, 1.54) is 0 Å². The fourth-order valence-electron chi connectivity index (χ4n) is 1.04. The molecule has 1 aromatic rings. The number of nitrogens with two attached hydrogens (primary N) is 1. The summed E-state index contributed by atoms with van der Waals surface area (Å²) in [7, 11) is 0. The van der Waals surface area contributed by atoms with E-state index in [1.54, 1.807) is 11.8 Å². The Bertz CT molecular complexity index is 341. The second kappa shape index (κ2) is 4.75. The monoisotopic (exact) mass is 243 g/mol. The molecule has 0 radical (unpaired) electrons. The van der Waals surface area contributed by atoms with Gasteiger partial charge >= 0.3 is 0 Å². The molecule has 0 spiro atoms. The lowest BCUT2D eigenvalue weighted by Crippen LogP contribution is -2.50. The molecule has 0 aliphatic carbocycles.